The van der Waals surface area contributed by atoms with Crippen LogP contribution in [0.2, 0.25) is 0 Å². The van der Waals surface area contributed by atoms with E-state index < -0.39 is 11.1 Å². The van der Waals surface area contributed by atoms with Crippen LogP contribution in [-0.2, 0) is 7.05 Å². The molecule has 8 nitrogen and oxygen atoms in total. The molecule has 2 rings (SSSR count). The molecule has 0 bridgehead atoms. The molecule has 0 atom stereocenters. The Morgan fingerprint density at radius 2 is 2.06 bits per heavy atom. The Balaban J connectivity index is 3.05. The smallest absolute Gasteiger partial charge is 0.314 e. The zero-order chi connectivity index (χ0) is 11.9. The number of nitrogen functional groups attached to an aromatic ring is 1. The second kappa shape index (κ2) is 3.33. The van der Waals surface area contributed by atoms with Gasteiger partial charge in [0.1, 0.15) is 0 Å². The predicted octanol–water partition coefficient (Wildman–Crippen LogP) is -1.39. The van der Waals surface area contributed by atoms with E-state index in [4.69, 9.17) is 10.5 Å². The number of aryl methyl sites for hydroxylation is 1. The lowest BCUT2D eigenvalue weighted by atomic mass is 10.5. The fourth-order valence-corrected chi connectivity index (χ4v) is 1.33. The van der Waals surface area contributed by atoms with Crippen LogP contribution in [-0.4, -0.2) is 26.6 Å². The number of aromatic amines is 1. The molecule has 0 aromatic carbocycles. The van der Waals surface area contributed by atoms with Crippen LogP contribution in [0.15, 0.2) is 9.59 Å². The van der Waals surface area contributed by atoms with Gasteiger partial charge in [0.25, 0.3) is 11.4 Å². The van der Waals surface area contributed by atoms with Crippen LogP contribution < -0.4 is 21.6 Å². The molecule has 84 valence electrons. The summed E-state index contributed by atoms with van der Waals surface area (Å²) >= 11 is 0. The van der Waals surface area contributed by atoms with E-state index in [0.717, 1.165) is 4.57 Å². The molecular weight excluding hydrogens is 214 g/mol. The van der Waals surface area contributed by atoms with Crippen molar-refractivity contribution in [3.05, 3.63) is 20.7 Å². The largest absolute Gasteiger partial charge is 0.477 e. The van der Waals surface area contributed by atoms with Gasteiger partial charge < -0.3 is 10.5 Å². The molecule has 2 heterocycles. The SMILES string of the molecule is COc1nc2c(=O)[nH]c(N)nc2n(C)c1=O. The van der Waals surface area contributed by atoms with E-state index in [-0.39, 0.29) is 23.0 Å². The third kappa shape index (κ3) is 1.31. The number of H-pyrrole nitrogens is 1. The minimum atomic E-state index is -0.517. The predicted molar refractivity (Wildman–Crippen MR) is 56.4 cm³/mol. The lowest BCUT2D eigenvalue weighted by Crippen LogP contribution is -2.25. The second-order valence-electron chi connectivity index (χ2n) is 3.11. The number of rotatable bonds is 1. The fourth-order valence-electron chi connectivity index (χ4n) is 1.33. The quantitative estimate of drug-likeness (QED) is 0.614. The van der Waals surface area contributed by atoms with Gasteiger partial charge in [0, 0.05) is 7.05 Å². The molecule has 0 aliphatic rings. The highest BCUT2D eigenvalue weighted by Crippen LogP contribution is 2.05. The number of nitrogens with one attached hydrogen (secondary N) is 1. The van der Waals surface area contributed by atoms with Crippen molar-refractivity contribution in [2.75, 3.05) is 12.8 Å². The van der Waals surface area contributed by atoms with E-state index in [1.165, 1.54) is 14.2 Å². The van der Waals surface area contributed by atoms with Gasteiger partial charge >= 0.3 is 5.56 Å². The number of methoxy groups -OCH3 is 1. The van der Waals surface area contributed by atoms with Crippen molar-refractivity contribution < 1.29 is 4.74 Å². The number of nitrogens with zero attached hydrogens (tertiary/aromatic N) is 3. The summed E-state index contributed by atoms with van der Waals surface area (Å²) in [7, 11) is 2.76. The van der Waals surface area contributed by atoms with Gasteiger partial charge in [-0.1, -0.05) is 0 Å². The van der Waals surface area contributed by atoms with Crippen LogP contribution >= 0.6 is 0 Å². The number of fused-ring (bicyclic) bond motifs is 1. The van der Waals surface area contributed by atoms with Crippen LogP contribution in [0.25, 0.3) is 11.2 Å². The number of nitrogens with two attached hydrogens (primary N) is 1. The second-order valence-corrected chi connectivity index (χ2v) is 3.11. The summed E-state index contributed by atoms with van der Waals surface area (Å²) in [5, 5.41) is 0. The Bertz CT molecular complexity index is 672. The molecule has 0 radical (unpaired) electrons. The molecule has 2 aromatic rings. The Morgan fingerprint density at radius 3 is 2.69 bits per heavy atom. The van der Waals surface area contributed by atoms with Crippen molar-refractivity contribution in [1.29, 1.82) is 0 Å². The summed E-state index contributed by atoms with van der Waals surface area (Å²) in [6.07, 6.45) is 0. The number of hydrogen-bond donors (Lipinski definition) is 2. The highest BCUT2D eigenvalue weighted by Gasteiger charge is 2.12. The van der Waals surface area contributed by atoms with Crippen molar-refractivity contribution in [2.45, 2.75) is 0 Å². The molecule has 8 heteroatoms. The van der Waals surface area contributed by atoms with Crippen LogP contribution in [0.5, 0.6) is 5.88 Å². The maximum Gasteiger partial charge on any atom is 0.314 e. The first kappa shape index (κ1) is 10.1. The molecule has 0 amide bonds. The molecule has 0 fully saturated rings. The molecule has 0 aliphatic carbocycles. The van der Waals surface area contributed by atoms with Gasteiger partial charge in [-0.3, -0.25) is 19.1 Å². The monoisotopic (exact) mass is 223 g/mol. The lowest BCUT2D eigenvalue weighted by Gasteiger charge is -2.05. The van der Waals surface area contributed by atoms with E-state index in [1.54, 1.807) is 0 Å². The van der Waals surface area contributed by atoms with Crippen LogP contribution in [0.4, 0.5) is 5.95 Å². The maximum atomic E-state index is 11.6. The molecule has 0 unspecified atom stereocenters. The molecule has 0 aliphatic heterocycles. The average molecular weight is 223 g/mol. The topological polar surface area (TPSA) is 116 Å². The maximum absolute atomic E-state index is 11.6. The van der Waals surface area contributed by atoms with Gasteiger partial charge in [0.05, 0.1) is 7.11 Å². The summed E-state index contributed by atoms with van der Waals surface area (Å²) < 4.78 is 5.92. The Hall–Kier alpha value is -2.38. The van der Waals surface area contributed by atoms with Gasteiger partial charge in [0.15, 0.2) is 11.2 Å². The molecule has 3 N–H and O–H groups in total. The normalized spacial score (nSPS) is 10.6. The number of hydrogen-bond acceptors (Lipinski definition) is 6. The van der Waals surface area contributed by atoms with E-state index in [1.807, 2.05) is 0 Å². The van der Waals surface area contributed by atoms with Crippen molar-refractivity contribution in [2.24, 2.45) is 7.05 Å². The van der Waals surface area contributed by atoms with Gasteiger partial charge in [0.2, 0.25) is 5.95 Å². The lowest BCUT2D eigenvalue weighted by molar-refractivity contribution is 0.389. The minimum absolute atomic E-state index is 0.00755. The average Bonchev–Trinajstić information content (AvgIpc) is 2.24. The number of anilines is 1. The van der Waals surface area contributed by atoms with Crippen molar-refractivity contribution in [3.63, 3.8) is 0 Å². The Kier molecular flexibility index (Phi) is 2.11. The van der Waals surface area contributed by atoms with Gasteiger partial charge in [-0.2, -0.15) is 9.97 Å². The standard InChI is InChI=1S/C8H9N5O3/c1-13-4-3(5(14)12-8(9)11-4)10-6(16-2)7(13)15/h1-2H3,(H3,9,11,12,14). The number of ether oxygens (including phenoxy) is 1. The zero-order valence-corrected chi connectivity index (χ0v) is 8.64. The third-order valence-electron chi connectivity index (χ3n) is 2.11. The fraction of sp³-hybridized carbons (Fsp3) is 0.250. The van der Waals surface area contributed by atoms with E-state index in [0.29, 0.717) is 0 Å². The van der Waals surface area contributed by atoms with Gasteiger partial charge in [-0.15, -0.1) is 0 Å². The Morgan fingerprint density at radius 1 is 1.38 bits per heavy atom. The first-order valence-electron chi connectivity index (χ1n) is 4.35. The van der Waals surface area contributed by atoms with Crippen LogP contribution in [0.1, 0.15) is 0 Å². The molecule has 2 aromatic heterocycles. The van der Waals surface area contributed by atoms with Gasteiger partial charge in [-0.25, -0.2) is 0 Å². The summed E-state index contributed by atoms with van der Waals surface area (Å²) in [5.74, 6) is -0.230. The third-order valence-corrected chi connectivity index (χ3v) is 2.11. The zero-order valence-electron chi connectivity index (χ0n) is 8.64. The van der Waals surface area contributed by atoms with Gasteiger partial charge in [-0.05, 0) is 0 Å². The molecule has 0 spiro atoms. The highest BCUT2D eigenvalue weighted by molar-refractivity contribution is 5.70. The minimum Gasteiger partial charge on any atom is -0.477 e. The van der Waals surface area contributed by atoms with E-state index in [2.05, 4.69) is 15.0 Å². The van der Waals surface area contributed by atoms with Crippen molar-refractivity contribution in [1.82, 2.24) is 19.5 Å². The molecule has 0 saturated heterocycles. The van der Waals surface area contributed by atoms with E-state index >= 15 is 0 Å². The van der Waals surface area contributed by atoms with Crippen molar-refractivity contribution >= 4 is 17.1 Å². The number of aromatic nitrogens is 4. The van der Waals surface area contributed by atoms with E-state index in [9.17, 15) is 9.59 Å². The summed E-state index contributed by atoms with van der Waals surface area (Å²) in [5.41, 5.74) is 4.50. The Labute approximate surface area is 88.7 Å². The summed E-state index contributed by atoms with van der Waals surface area (Å²) in [6, 6.07) is 0. The summed E-state index contributed by atoms with van der Waals surface area (Å²) in [4.78, 5) is 33.0. The molecule has 16 heavy (non-hydrogen) atoms. The first-order valence-corrected chi connectivity index (χ1v) is 4.35. The summed E-state index contributed by atoms with van der Waals surface area (Å²) in [6.45, 7) is 0. The van der Waals surface area contributed by atoms with Crippen LogP contribution in [0.3, 0.4) is 0 Å². The van der Waals surface area contributed by atoms with Crippen LogP contribution in [0, 0.1) is 0 Å². The first-order chi connectivity index (χ1) is 7.54. The molecular formula is C8H9N5O3. The van der Waals surface area contributed by atoms with Crippen molar-refractivity contribution in [3.8, 4) is 5.88 Å². The highest BCUT2D eigenvalue weighted by atomic mass is 16.5. The molecule has 0 saturated carbocycles.